The molecule has 0 spiro atoms. The van der Waals surface area contributed by atoms with Crippen molar-refractivity contribution in [3.8, 4) is 23.0 Å². The molecule has 0 aliphatic carbocycles. The van der Waals surface area contributed by atoms with Gasteiger partial charge < -0.3 is 39.1 Å². The Balaban J connectivity index is 1.32. The first-order chi connectivity index (χ1) is 18.8. The van der Waals surface area contributed by atoms with Gasteiger partial charge in [-0.3, -0.25) is 4.79 Å². The molecule has 0 bridgehead atoms. The van der Waals surface area contributed by atoms with Crippen LogP contribution in [0.25, 0.3) is 0 Å². The lowest BCUT2D eigenvalue weighted by Gasteiger charge is -2.37. The molecule has 2 N–H and O–H groups in total. The van der Waals surface area contributed by atoms with E-state index in [-0.39, 0.29) is 17.5 Å². The van der Waals surface area contributed by atoms with Gasteiger partial charge in [0, 0.05) is 44.2 Å². The van der Waals surface area contributed by atoms with Gasteiger partial charge in [0.2, 0.25) is 5.75 Å². The molecule has 1 saturated heterocycles. The van der Waals surface area contributed by atoms with Gasteiger partial charge in [0.05, 0.1) is 38.6 Å². The Morgan fingerprint density at radius 1 is 1.08 bits per heavy atom. The van der Waals surface area contributed by atoms with Crippen molar-refractivity contribution in [2.24, 2.45) is 0 Å². The number of benzene rings is 2. The molecular formula is C28H35ClN2O8. The molecule has 1 fully saturated rings. The molecular weight excluding hydrogens is 528 g/mol. The van der Waals surface area contributed by atoms with Crippen molar-refractivity contribution in [1.29, 1.82) is 0 Å². The standard InChI is InChI=1S/C28H35ClN2O8/c1-34-22-12-16(13-23(35-2)27(22)37-4)20(32)6-5-9-31-10-7-21(24(15-31)36-3)39-28(33)18-14-19(29)25(30)17-8-11-38-26(17)18/h12-14,21,24H,5-11,15,30H2,1-4H3. The van der Waals surface area contributed by atoms with E-state index < -0.39 is 12.1 Å². The summed E-state index contributed by atoms with van der Waals surface area (Å²) in [5.74, 6) is 1.26. The Morgan fingerprint density at radius 3 is 2.44 bits per heavy atom. The second-order valence-electron chi connectivity index (χ2n) is 9.47. The predicted molar refractivity (Wildman–Crippen MR) is 146 cm³/mol. The first-order valence-electron chi connectivity index (χ1n) is 12.8. The number of nitrogen functional groups attached to an aromatic ring is 1. The third-order valence-electron chi connectivity index (χ3n) is 7.20. The number of piperidine rings is 1. The number of halogens is 1. The summed E-state index contributed by atoms with van der Waals surface area (Å²) in [5.41, 5.74) is 8.01. The average Bonchev–Trinajstić information content (AvgIpc) is 3.44. The molecule has 0 saturated carbocycles. The van der Waals surface area contributed by atoms with Gasteiger partial charge in [-0.2, -0.15) is 0 Å². The largest absolute Gasteiger partial charge is 0.493 e. The summed E-state index contributed by atoms with van der Waals surface area (Å²) in [6.07, 6.45) is 1.47. The Bertz CT molecular complexity index is 1200. The first-order valence-corrected chi connectivity index (χ1v) is 13.2. The van der Waals surface area contributed by atoms with Gasteiger partial charge in [-0.25, -0.2) is 4.79 Å². The summed E-state index contributed by atoms with van der Waals surface area (Å²) in [5, 5.41) is 0.311. The fourth-order valence-corrected chi connectivity index (χ4v) is 5.32. The molecule has 2 aliphatic heterocycles. The molecule has 4 rings (SSSR count). The van der Waals surface area contributed by atoms with E-state index >= 15 is 0 Å². The van der Waals surface area contributed by atoms with Crippen LogP contribution in [0.3, 0.4) is 0 Å². The molecule has 0 amide bonds. The summed E-state index contributed by atoms with van der Waals surface area (Å²) in [6, 6.07) is 4.84. The Morgan fingerprint density at radius 2 is 1.79 bits per heavy atom. The minimum atomic E-state index is -0.508. The van der Waals surface area contributed by atoms with Crippen LogP contribution in [0.4, 0.5) is 5.69 Å². The van der Waals surface area contributed by atoms with Crippen molar-refractivity contribution in [2.45, 2.75) is 37.9 Å². The maximum Gasteiger partial charge on any atom is 0.342 e. The number of esters is 1. The smallest absolute Gasteiger partial charge is 0.342 e. The average molecular weight is 563 g/mol. The molecule has 2 atom stereocenters. The third-order valence-corrected chi connectivity index (χ3v) is 7.51. The highest BCUT2D eigenvalue weighted by molar-refractivity contribution is 6.33. The summed E-state index contributed by atoms with van der Waals surface area (Å²) < 4.78 is 33.2. The second kappa shape index (κ2) is 12.8. The minimum absolute atomic E-state index is 0.0155. The minimum Gasteiger partial charge on any atom is -0.493 e. The van der Waals surface area contributed by atoms with Gasteiger partial charge >= 0.3 is 5.97 Å². The zero-order valence-corrected chi connectivity index (χ0v) is 23.5. The molecule has 212 valence electrons. The van der Waals surface area contributed by atoms with E-state index in [9.17, 15) is 9.59 Å². The molecule has 2 unspecified atom stereocenters. The molecule has 0 radical (unpaired) electrons. The van der Waals surface area contributed by atoms with Crippen LogP contribution in [0.15, 0.2) is 18.2 Å². The molecule has 39 heavy (non-hydrogen) atoms. The van der Waals surface area contributed by atoms with Crippen molar-refractivity contribution in [1.82, 2.24) is 4.90 Å². The zero-order chi connectivity index (χ0) is 28.1. The van der Waals surface area contributed by atoms with E-state index in [4.69, 9.17) is 45.8 Å². The highest BCUT2D eigenvalue weighted by atomic mass is 35.5. The maximum atomic E-state index is 13.1. The lowest BCUT2D eigenvalue weighted by Crippen LogP contribution is -2.49. The topological polar surface area (TPSA) is 119 Å². The van der Waals surface area contributed by atoms with E-state index in [2.05, 4.69) is 4.90 Å². The van der Waals surface area contributed by atoms with Crippen LogP contribution in [0.2, 0.25) is 5.02 Å². The monoisotopic (exact) mass is 562 g/mol. The van der Waals surface area contributed by atoms with Crippen LogP contribution in [0.5, 0.6) is 23.0 Å². The molecule has 2 aromatic carbocycles. The van der Waals surface area contributed by atoms with Crippen LogP contribution in [-0.4, -0.2) is 83.5 Å². The Labute approximate surface area is 233 Å². The van der Waals surface area contributed by atoms with Crippen LogP contribution in [0.1, 0.15) is 45.5 Å². The lowest BCUT2D eigenvalue weighted by atomic mass is 10.0. The van der Waals surface area contributed by atoms with E-state index in [1.54, 1.807) is 19.2 Å². The number of ether oxygens (including phenoxy) is 6. The number of Topliss-reactive ketones (excluding diaryl/α,β-unsaturated/α-hetero) is 1. The number of methoxy groups -OCH3 is 4. The number of nitrogens with two attached hydrogens (primary N) is 1. The SMILES string of the molecule is COc1cc(C(=O)CCCN2CCC(OC(=O)c3cc(Cl)c(N)c4c3OCC4)C(OC)C2)cc(OC)c1OC. The molecule has 10 nitrogen and oxygen atoms in total. The summed E-state index contributed by atoms with van der Waals surface area (Å²) in [4.78, 5) is 28.2. The molecule has 2 aromatic rings. The van der Waals surface area contributed by atoms with Crippen LogP contribution in [0, 0.1) is 0 Å². The van der Waals surface area contributed by atoms with E-state index in [1.165, 1.54) is 27.4 Å². The molecule has 2 aliphatic rings. The quantitative estimate of drug-likeness (QED) is 0.246. The number of carbonyl (C=O) groups excluding carboxylic acids is 2. The summed E-state index contributed by atoms with van der Waals surface area (Å²) in [6.45, 7) is 2.42. The van der Waals surface area contributed by atoms with E-state index in [1.807, 2.05) is 0 Å². The number of likely N-dealkylation sites (tertiary alicyclic amines) is 1. The highest BCUT2D eigenvalue weighted by Crippen LogP contribution is 2.40. The summed E-state index contributed by atoms with van der Waals surface area (Å²) in [7, 11) is 6.16. The van der Waals surface area contributed by atoms with Gasteiger partial charge in [-0.05, 0) is 37.6 Å². The second-order valence-corrected chi connectivity index (χ2v) is 9.88. The van der Waals surface area contributed by atoms with Gasteiger partial charge in [0.1, 0.15) is 23.5 Å². The van der Waals surface area contributed by atoms with Gasteiger partial charge in [0.15, 0.2) is 17.3 Å². The fourth-order valence-electron chi connectivity index (χ4n) is 5.09. The predicted octanol–water partition coefficient (Wildman–Crippen LogP) is 3.79. The molecule has 11 heteroatoms. The number of carbonyl (C=O) groups is 2. The number of anilines is 1. The van der Waals surface area contributed by atoms with Gasteiger partial charge in [-0.15, -0.1) is 0 Å². The van der Waals surface area contributed by atoms with Gasteiger partial charge in [0.25, 0.3) is 0 Å². The highest BCUT2D eigenvalue weighted by Gasteiger charge is 2.34. The Kier molecular flexibility index (Phi) is 9.42. The molecule has 0 aromatic heterocycles. The number of hydrogen-bond acceptors (Lipinski definition) is 10. The van der Waals surface area contributed by atoms with Crippen molar-refractivity contribution in [3.63, 3.8) is 0 Å². The van der Waals surface area contributed by atoms with Crippen LogP contribution in [-0.2, 0) is 15.9 Å². The number of nitrogens with zero attached hydrogens (tertiary/aromatic N) is 1. The van der Waals surface area contributed by atoms with Crippen molar-refractivity contribution >= 4 is 29.0 Å². The normalized spacial score (nSPS) is 18.7. The number of hydrogen-bond donors (Lipinski definition) is 1. The van der Waals surface area contributed by atoms with Crippen LogP contribution < -0.4 is 24.7 Å². The van der Waals surface area contributed by atoms with Crippen molar-refractivity contribution in [2.75, 3.05) is 60.4 Å². The third kappa shape index (κ3) is 6.18. The maximum absolute atomic E-state index is 13.1. The number of fused-ring (bicyclic) bond motifs is 1. The van der Waals surface area contributed by atoms with E-state index in [0.29, 0.717) is 91.2 Å². The van der Waals surface area contributed by atoms with Crippen LogP contribution >= 0.6 is 11.6 Å². The zero-order valence-electron chi connectivity index (χ0n) is 22.7. The van der Waals surface area contributed by atoms with E-state index in [0.717, 1.165) is 5.56 Å². The van der Waals surface area contributed by atoms with Crippen molar-refractivity contribution in [3.05, 3.63) is 39.9 Å². The lowest BCUT2D eigenvalue weighted by molar-refractivity contribution is -0.0730. The first kappa shape index (κ1) is 28.8. The van der Waals surface area contributed by atoms with Crippen molar-refractivity contribution < 1.29 is 38.0 Å². The fraction of sp³-hybridized carbons (Fsp3) is 0.500. The Hall–Kier alpha value is -3.21. The number of ketones is 1. The molecule has 2 heterocycles. The van der Waals surface area contributed by atoms with Gasteiger partial charge in [-0.1, -0.05) is 11.6 Å². The summed E-state index contributed by atoms with van der Waals surface area (Å²) >= 11 is 6.25. The number of rotatable bonds is 11.